The molecule has 0 aliphatic heterocycles. The summed E-state index contributed by atoms with van der Waals surface area (Å²) in [6, 6.07) is 11.0. The number of ketones is 1. The minimum absolute atomic E-state index is 0.213. The first-order chi connectivity index (χ1) is 11.5. The van der Waals surface area contributed by atoms with Gasteiger partial charge in [0.2, 0.25) is 11.5 Å². The third-order valence-corrected chi connectivity index (χ3v) is 3.77. The average Bonchev–Trinajstić information content (AvgIpc) is 2.57. The van der Waals surface area contributed by atoms with Gasteiger partial charge in [0, 0.05) is 10.6 Å². The van der Waals surface area contributed by atoms with Crippen LogP contribution in [0.15, 0.2) is 41.5 Å². The molecule has 0 spiro atoms. The highest BCUT2D eigenvalue weighted by molar-refractivity contribution is 6.51. The molecule has 0 aliphatic carbocycles. The molecular weight excluding hydrogens is 373 g/mol. The molecule has 0 bridgehead atoms. The lowest BCUT2D eigenvalue weighted by molar-refractivity contribution is 0.106. The van der Waals surface area contributed by atoms with E-state index in [9.17, 15) is 4.79 Å². The number of carbonyl (C=O) groups is 1. The fourth-order valence-electron chi connectivity index (χ4n) is 1.77. The van der Waals surface area contributed by atoms with Gasteiger partial charge in [-0.05, 0) is 36.4 Å². The second-order valence-corrected chi connectivity index (χ2v) is 5.74. The summed E-state index contributed by atoms with van der Waals surface area (Å²) in [5.74, 6) is 0.0497. The normalized spacial score (nSPS) is 10.9. The first-order valence-electron chi connectivity index (χ1n) is 6.53. The number of nitrogens with zero attached hydrogens (tertiary/aromatic N) is 2. The topological polar surface area (TPSA) is 74.5 Å². The summed E-state index contributed by atoms with van der Waals surface area (Å²) < 4.78 is 5.02. The quantitative estimate of drug-likeness (QED) is 0.456. The van der Waals surface area contributed by atoms with Crippen molar-refractivity contribution in [3.8, 4) is 11.8 Å². The molecule has 0 radical (unpaired) electrons. The number of carbonyl (C=O) groups excluding carboxylic acids is 1. The fraction of sp³-hybridized carbons (Fsp3) is 0.0625. The van der Waals surface area contributed by atoms with Gasteiger partial charge in [-0.3, -0.25) is 10.2 Å². The van der Waals surface area contributed by atoms with E-state index in [1.165, 1.54) is 31.4 Å². The van der Waals surface area contributed by atoms with E-state index in [1.807, 2.05) is 0 Å². The number of ether oxygens (including phenoxy) is 1. The van der Waals surface area contributed by atoms with E-state index in [4.69, 9.17) is 44.8 Å². The summed E-state index contributed by atoms with van der Waals surface area (Å²) in [6.45, 7) is 0. The first-order valence-corrected chi connectivity index (χ1v) is 7.66. The van der Waals surface area contributed by atoms with Crippen molar-refractivity contribution in [2.45, 2.75) is 0 Å². The molecule has 0 unspecified atom stereocenters. The Hall–Kier alpha value is -2.26. The van der Waals surface area contributed by atoms with Crippen molar-refractivity contribution in [2.75, 3.05) is 12.5 Å². The van der Waals surface area contributed by atoms with Crippen LogP contribution in [0.5, 0.6) is 5.75 Å². The molecule has 0 heterocycles. The third-order valence-electron chi connectivity index (χ3n) is 2.96. The lowest BCUT2D eigenvalue weighted by Crippen LogP contribution is -2.14. The van der Waals surface area contributed by atoms with Gasteiger partial charge in [-0.15, -0.1) is 0 Å². The molecule has 2 aromatic carbocycles. The summed E-state index contributed by atoms with van der Waals surface area (Å²) in [5, 5.41) is 13.7. The highest BCUT2D eigenvalue weighted by atomic mass is 35.5. The molecule has 2 rings (SSSR count). The Morgan fingerprint density at radius 2 is 1.75 bits per heavy atom. The molecule has 0 saturated heterocycles. The van der Waals surface area contributed by atoms with Crippen molar-refractivity contribution in [3.05, 3.63) is 57.0 Å². The summed E-state index contributed by atoms with van der Waals surface area (Å²) >= 11 is 17.8. The van der Waals surface area contributed by atoms with E-state index in [2.05, 4.69) is 10.5 Å². The van der Waals surface area contributed by atoms with Gasteiger partial charge >= 0.3 is 0 Å². The number of nitrogens with one attached hydrogen (secondary N) is 1. The van der Waals surface area contributed by atoms with E-state index in [0.29, 0.717) is 16.3 Å². The van der Waals surface area contributed by atoms with Crippen molar-refractivity contribution in [3.63, 3.8) is 0 Å². The van der Waals surface area contributed by atoms with Crippen molar-refractivity contribution in [1.82, 2.24) is 0 Å². The van der Waals surface area contributed by atoms with Crippen LogP contribution < -0.4 is 10.2 Å². The van der Waals surface area contributed by atoms with Crippen molar-refractivity contribution < 1.29 is 9.53 Å². The molecule has 0 aliphatic rings. The predicted octanol–water partition coefficient (Wildman–Crippen LogP) is 4.83. The zero-order valence-electron chi connectivity index (χ0n) is 12.3. The van der Waals surface area contributed by atoms with Crippen LogP contribution in [-0.2, 0) is 0 Å². The predicted molar refractivity (Wildman–Crippen MR) is 95.5 cm³/mol. The second-order valence-electron chi connectivity index (χ2n) is 4.49. The molecule has 0 atom stereocenters. The molecule has 5 nitrogen and oxygen atoms in total. The van der Waals surface area contributed by atoms with Crippen LogP contribution in [0.2, 0.25) is 15.1 Å². The maximum Gasteiger partial charge on any atom is 0.223 e. The molecule has 24 heavy (non-hydrogen) atoms. The largest absolute Gasteiger partial charge is 0.497 e. The van der Waals surface area contributed by atoms with E-state index in [1.54, 1.807) is 18.2 Å². The molecule has 0 aromatic heterocycles. The number of benzene rings is 2. The number of rotatable bonds is 5. The first kappa shape index (κ1) is 18.1. The Bertz CT molecular complexity index is 820. The Morgan fingerprint density at radius 1 is 1.17 bits per heavy atom. The smallest absolute Gasteiger partial charge is 0.223 e. The van der Waals surface area contributed by atoms with E-state index in [-0.39, 0.29) is 21.4 Å². The molecule has 0 saturated carbocycles. The number of hydrogen-bond donors (Lipinski definition) is 1. The van der Waals surface area contributed by atoms with Crippen molar-refractivity contribution in [2.24, 2.45) is 5.10 Å². The molecule has 1 N–H and O–H groups in total. The van der Waals surface area contributed by atoms with Gasteiger partial charge in [0.25, 0.3) is 0 Å². The minimum Gasteiger partial charge on any atom is -0.497 e. The monoisotopic (exact) mass is 381 g/mol. The Labute approximate surface area is 153 Å². The van der Waals surface area contributed by atoms with E-state index < -0.39 is 5.78 Å². The molecule has 122 valence electrons. The maximum absolute atomic E-state index is 12.3. The molecule has 0 fully saturated rings. The zero-order chi connectivity index (χ0) is 17.7. The minimum atomic E-state index is -0.547. The molecule has 2 aromatic rings. The number of methoxy groups -OCH3 is 1. The van der Waals surface area contributed by atoms with Crippen LogP contribution in [0.3, 0.4) is 0 Å². The number of hydrogen-bond acceptors (Lipinski definition) is 5. The van der Waals surface area contributed by atoms with Gasteiger partial charge in [-0.1, -0.05) is 34.8 Å². The Kier molecular flexibility index (Phi) is 6.04. The number of hydrazone groups is 1. The summed E-state index contributed by atoms with van der Waals surface area (Å²) in [5.41, 5.74) is 2.73. The average molecular weight is 383 g/mol. The zero-order valence-corrected chi connectivity index (χ0v) is 14.6. The van der Waals surface area contributed by atoms with Crippen LogP contribution in [0.25, 0.3) is 0 Å². The SMILES string of the molecule is COc1ccc(C(=O)/C(C#N)=N\Nc2c(Cl)cc(Cl)cc2Cl)cc1. The number of anilines is 1. The molecular formula is C16H10Cl3N3O2. The lowest BCUT2D eigenvalue weighted by atomic mass is 10.1. The summed E-state index contributed by atoms with van der Waals surface area (Å²) in [7, 11) is 1.52. The van der Waals surface area contributed by atoms with Crippen molar-refractivity contribution >= 4 is 52.0 Å². The fourth-order valence-corrected chi connectivity index (χ4v) is 2.67. The van der Waals surface area contributed by atoms with Crippen LogP contribution in [-0.4, -0.2) is 18.6 Å². The third kappa shape index (κ3) is 4.18. The van der Waals surface area contributed by atoms with Crippen molar-refractivity contribution in [1.29, 1.82) is 5.26 Å². The number of halogens is 3. The van der Waals surface area contributed by atoms with E-state index in [0.717, 1.165) is 0 Å². The Balaban J connectivity index is 2.26. The molecule has 8 heteroatoms. The molecule has 0 amide bonds. The van der Waals surface area contributed by atoms with Crippen LogP contribution in [0, 0.1) is 11.3 Å². The maximum atomic E-state index is 12.3. The lowest BCUT2D eigenvalue weighted by Gasteiger charge is -2.07. The summed E-state index contributed by atoms with van der Waals surface area (Å²) in [6.07, 6.45) is 0. The van der Waals surface area contributed by atoms with Gasteiger partial charge in [0.05, 0.1) is 22.8 Å². The standard InChI is InChI=1S/C16H10Cl3N3O2/c1-24-11-4-2-9(3-5-11)16(23)14(8-20)21-22-15-12(18)6-10(17)7-13(15)19/h2-7,22H,1H3/b21-14-. The highest BCUT2D eigenvalue weighted by Gasteiger charge is 2.15. The van der Waals surface area contributed by atoms with Crippen LogP contribution >= 0.6 is 34.8 Å². The Morgan fingerprint density at radius 3 is 2.25 bits per heavy atom. The number of nitriles is 1. The summed E-state index contributed by atoms with van der Waals surface area (Å²) in [4.78, 5) is 12.3. The van der Waals surface area contributed by atoms with E-state index >= 15 is 0 Å². The highest BCUT2D eigenvalue weighted by Crippen LogP contribution is 2.33. The second kappa shape index (κ2) is 8.02. The van der Waals surface area contributed by atoms with Gasteiger partial charge < -0.3 is 4.74 Å². The van der Waals surface area contributed by atoms with Crippen LogP contribution in [0.4, 0.5) is 5.69 Å². The van der Waals surface area contributed by atoms with Crippen LogP contribution in [0.1, 0.15) is 10.4 Å². The van der Waals surface area contributed by atoms with Gasteiger partial charge in [-0.25, -0.2) is 0 Å². The van der Waals surface area contributed by atoms with Gasteiger partial charge in [-0.2, -0.15) is 10.4 Å². The van der Waals surface area contributed by atoms with Gasteiger partial charge in [0.1, 0.15) is 11.8 Å². The number of Topliss-reactive ketones (excluding diaryl/α,β-unsaturated/α-hetero) is 1. The van der Waals surface area contributed by atoms with Gasteiger partial charge in [0.15, 0.2) is 0 Å².